The minimum atomic E-state index is -0.477. The number of amides is 1. The molecule has 0 saturated carbocycles. The molecule has 0 spiro atoms. The molecule has 0 unspecified atom stereocenters. The van der Waals surface area contributed by atoms with Gasteiger partial charge < -0.3 is 9.84 Å². The number of piperidine rings is 1. The number of likely N-dealkylation sites (tertiary alicyclic amines) is 1. The van der Waals surface area contributed by atoms with Gasteiger partial charge in [0.05, 0.1) is 12.1 Å². The summed E-state index contributed by atoms with van der Waals surface area (Å²) in [5.41, 5.74) is -0.477. The number of allylic oxidation sites excluding steroid dienone is 2. The quantitative estimate of drug-likeness (QED) is 0.808. The lowest BCUT2D eigenvalue weighted by Crippen LogP contribution is -2.49. The van der Waals surface area contributed by atoms with Gasteiger partial charge in [-0.2, -0.15) is 0 Å². The van der Waals surface area contributed by atoms with E-state index >= 15 is 0 Å². The fourth-order valence-corrected chi connectivity index (χ4v) is 2.46. The van der Waals surface area contributed by atoms with E-state index in [4.69, 9.17) is 4.74 Å². The van der Waals surface area contributed by atoms with Crippen molar-refractivity contribution < 1.29 is 14.6 Å². The molecule has 1 fully saturated rings. The van der Waals surface area contributed by atoms with Gasteiger partial charge in [0.15, 0.2) is 0 Å². The molecule has 1 N–H and O–H groups in total. The number of rotatable bonds is 3. The summed E-state index contributed by atoms with van der Waals surface area (Å²) in [6, 6.07) is 0.242. The van der Waals surface area contributed by atoms with Crippen LogP contribution in [0.4, 0.5) is 4.79 Å². The van der Waals surface area contributed by atoms with Crippen molar-refractivity contribution in [2.75, 3.05) is 0 Å². The Bertz CT molecular complexity index is 393. The third-order valence-electron chi connectivity index (χ3n) is 3.39. The van der Waals surface area contributed by atoms with Gasteiger partial charge in [0.1, 0.15) is 5.60 Å². The highest BCUT2D eigenvalue weighted by Crippen LogP contribution is 2.26. The summed E-state index contributed by atoms with van der Waals surface area (Å²) in [7, 11) is 0. The first-order valence-corrected chi connectivity index (χ1v) is 7.75. The Morgan fingerprint density at radius 1 is 1.33 bits per heavy atom. The Balaban J connectivity index is 2.77. The van der Waals surface area contributed by atoms with Gasteiger partial charge in [-0.3, -0.25) is 4.90 Å². The van der Waals surface area contributed by atoms with Crippen LogP contribution >= 0.6 is 0 Å². The predicted molar refractivity (Wildman–Crippen MR) is 85.1 cm³/mol. The van der Waals surface area contributed by atoms with E-state index in [-0.39, 0.29) is 18.2 Å². The summed E-state index contributed by atoms with van der Waals surface area (Å²) < 4.78 is 5.52. The molecule has 21 heavy (non-hydrogen) atoms. The van der Waals surface area contributed by atoms with Crippen LogP contribution in [0.15, 0.2) is 24.3 Å². The first kappa shape index (κ1) is 17.8. The van der Waals surface area contributed by atoms with E-state index in [2.05, 4.69) is 6.92 Å². The van der Waals surface area contributed by atoms with Gasteiger partial charge in [-0.25, -0.2) is 4.79 Å². The zero-order valence-electron chi connectivity index (χ0n) is 13.9. The van der Waals surface area contributed by atoms with E-state index in [1.165, 1.54) is 0 Å². The second kappa shape index (κ2) is 7.64. The zero-order chi connectivity index (χ0) is 16.0. The summed E-state index contributed by atoms with van der Waals surface area (Å²) in [5, 5.41) is 9.19. The van der Waals surface area contributed by atoms with Crippen molar-refractivity contribution in [1.29, 1.82) is 0 Å². The minimum Gasteiger partial charge on any atom is -0.444 e. The molecule has 1 saturated heterocycles. The summed E-state index contributed by atoms with van der Waals surface area (Å²) >= 11 is 0. The van der Waals surface area contributed by atoms with E-state index in [1.54, 1.807) is 13.0 Å². The Hall–Kier alpha value is -1.29. The van der Waals surface area contributed by atoms with Crippen molar-refractivity contribution in [3.05, 3.63) is 24.3 Å². The molecule has 0 bridgehead atoms. The molecule has 4 nitrogen and oxygen atoms in total. The largest absolute Gasteiger partial charge is 0.444 e. The molecule has 0 aromatic heterocycles. The molecule has 0 aromatic carbocycles. The highest BCUT2D eigenvalue weighted by molar-refractivity contribution is 5.69. The molecular weight excluding hydrogens is 266 g/mol. The Labute approximate surface area is 128 Å². The first-order chi connectivity index (χ1) is 9.70. The number of aliphatic hydroxyl groups excluding tert-OH is 1. The van der Waals surface area contributed by atoms with Crippen molar-refractivity contribution in [1.82, 2.24) is 4.90 Å². The molecule has 1 amide bonds. The lowest BCUT2D eigenvalue weighted by atomic mass is 9.96. The fourth-order valence-electron chi connectivity index (χ4n) is 2.46. The van der Waals surface area contributed by atoms with Gasteiger partial charge in [0.25, 0.3) is 0 Å². The van der Waals surface area contributed by atoms with Gasteiger partial charge in [-0.05, 0) is 53.9 Å². The first-order valence-electron chi connectivity index (χ1n) is 7.75. The van der Waals surface area contributed by atoms with Crippen molar-refractivity contribution in [2.24, 2.45) is 0 Å². The number of hydrogen-bond acceptors (Lipinski definition) is 3. The molecule has 1 rings (SSSR count). The van der Waals surface area contributed by atoms with E-state index in [0.29, 0.717) is 0 Å². The van der Waals surface area contributed by atoms with Crippen molar-refractivity contribution in [3.63, 3.8) is 0 Å². The molecule has 0 aliphatic carbocycles. The second-order valence-corrected chi connectivity index (χ2v) is 6.75. The highest BCUT2D eigenvalue weighted by atomic mass is 16.6. The lowest BCUT2D eigenvalue weighted by Gasteiger charge is -2.39. The normalized spacial score (nSPS) is 25.5. The number of hydrogen-bond donors (Lipinski definition) is 1. The molecule has 0 aromatic rings. The van der Waals surface area contributed by atoms with Crippen LogP contribution in [0.25, 0.3) is 0 Å². The Kier molecular flexibility index (Phi) is 6.46. The topological polar surface area (TPSA) is 49.8 Å². The van der Waals surface area contributed by atoms with Crippen LogP contribution < -0.4 is 0 Å². The third kappa shape index (κ3) is 6.34. The van der Waals surface area contributed by atoms with Gasteiger partial charge >= 0.3 is 6.09 Å². The summed E-state index contributed by atoms with van der Waals surface area (Å²) in [5.74, 6) is 0. The van der Waals surface area contributed by atoms with Crippen LogP contribution in [0.3, 0.4) is 0 Å². The van der Waals surface area contributed by atoms with E-state index in [0.717, 1.165) is 19.3 Å². The third-order valence-corrected chi connectivity index (χ3v) is 3.39. The van der Waals surface area contributed by atoms with Crippen LogP contribution in [0, 0.1) is 0 Å². The summed E-state index contributed by atoms with van der Waals surface area (Å²) in [6.45, 7) is 9.43. The van der Waals surface area contributed by atoms with Crippen molar-refractivity contribution >= 4 is 6.09 Å². The molecule has 3 atom stereocenters. The zero-order valence-corrected chi connectivity index (χ0v) is 13.9. The van der Waals surface area contributed by atoms with Crippen LogP contribution in [0.5, 0.6) is 0 Å². The van der Waals surface area contributed by atoms with Gasteiger partial charge in [0, 0.05) is 6.04 Å². The molecule has 0 radical (unpaired) electrons. The molecular formula is C17H29NO3. The van der Waals surface area contributed by atoms with Crippen LogP contribution in [0.1, 0.15) is 53.9 Å². The van der Waals surface area contributed by atoms with Crippen LogP contribution in [-0.4, -0.2) is 39.9 Å². The number of ether oxygens (including phenoxy) is 1. The molecule has 1 aliphatic heterocycles. The van der Waals surface area contributed by atoms with E-state index < -0.39 is 11.7 Å². The summed E-state index contributed by atoms with van der Waals surface area (Å²) in [4.78, 5) is 14.2. The van der Waals surface area contributed by atoms with Crippen LogP contribution in [0.2, 0.25) is 0 Å². The predicted octanol–water partition coefficient (Wildman–Crippen LogP) is 3.66. The smallest absolute Gasteiger partial charge is 0.411 e. The standard InChI is InChI=1S/C17H29NO3/c1-13-9-8-12-15(11-7-6-10-14(2)19)18(13)16(20)21-17(3,4)5/h6-7,10-11,13-15,19H,8-9,12H2,1-5H3/b10-6+,11-7+/t13-,14-,15+/m0/s1. The molecule has 1 heterocycles. The van der Waals surface area contributed by atoms with Gasteiger partial charge in [-0.1, -0.05) is 24.3 Å². The molecule has 4 heteroatoms. The number of aliphatic hydroxyl groups is 1. The number of carbonyl (C=O) groups is 1. The van der Waals surface area contributed by atoms with Crippen LogP contribution in [-0.2, 0) is 4.74 Å². The Morgan fingerprint density at radius 3 is 2.57 bits per heavy atom. The van der Waals surface area contributed by atoms with Gasteiger partial charge in [-0.15, -0.1) is 0 Å². The maximum absolute atomic E-state index is 12.4. The monoisotopic (exact) mass is 295 g/mol. The summed E-state index contributed by atoms with van der Waals surface area (Å²) in [6.07, 6.45) is 9.79. The SMILES string of the molecule is C[C@H](O)/C=C/C=C/[C@@H]1CCC[C@H](C)N1C(=O)OC(C)(C)C. The molecule has 120 valence electrons. The maximum atomic E-state index is 12.4. The average Bonchev–Trinajstić information content (AvgIpc) is 2.32. The van der Waals surface area contributed by atoms with E-state index in [1.807, 2.05) is 43.9 Å². The van der Waals surface area contributed by atoms with Crippen molar-refractivity contribution in [3.8, 4) is 0 Å². The Morgan fingerprint density at radius 2 is 2.00 bits per heavy atom. The lowest BCUT2D eigenvalue weighted by molar-refractivity contribution is 0.00361. The number of nitrogens with zero attached hydrogens (tertiary/aromatic N) is 1. The highest BCUT2D eigenvalue weighted by Gasteiger charge is 2.33. The fraction of sp³-hybridized carbons (Fsp3) is 0.706. The molecule has 1 aliphatic rings. The minimum absolute atomic E-state index is 0.0576. The average molecular weight is 295 g/mol. The van der Waals surface area contributed by atoms with Crippen molar-refractivity contribution in [2.45, 2.75) is 77.7 Å². The number of carbonyl (C=O) groups excluding carboxylic acids is 1. The van der Waals surface area contributed by atoms with Gasteiger partial charge in [0.2, 0.25) is 0 Å². The maximum Gasteiger partial charge on any atom is 0.411 e. The van der Waals surface area contributed by atoms with E-state index in [9.17, 15) is 9.90 Å². The second-order valence-electron chi connectivity index (χ2n) is 6.75.